The number of nitrogens with one attached hydrogen (secondary N) is 1. The Hall–Kier alpha value is -2.14. The molecule has 2 atom stereocenters. The van der Waals surface area contributed by atoms with Gasteiger partial charge in [0.05, 0.1) is 19.1 Å². The Bertz CT molecular complexity index is 627. The molecule has 2 aromatic rings. The molecule has 24 heavy (non-hydrogen) atoms. The molecular weight excluding hydrogens is 302 g/mol. The summed E-state index contributed by atoms with van der Waals surface area (Å²) in [5, 5.41) is 7.06. The summed E-state index contributed by atoms with van der Waals surface area (Å²) in [5.41, 5.74) is 2.26. The molecule has 0 spiro atoms. The zero-order valence-electron chi connectivity index (χ0n) is 14.1. The largest absolute Gasteiger partial charge is 0.376 e. The highest BCUT2D eigenvalue weighted by Gasteiger charge is 2.28. The molecule has 0 aliphatic carbocycles. The van der Waals surface area contributed by atoms with Crippen molar-refractivity contribution in [2.45, 2.75) is 32.3 Å². The lowest BCUT2D eigenvalue weighted by Crippen LogP contribution is -2.42. The Kier molecular flexibility index (Phi) is 5.64. The number of benzene rings is 1. The molecule has 2 heterocycles. The van der Waals surface area contributed by atoms with E-state index in [9.17, 15) is 4.79 Å². The van der Waals surface area contributed by atoms with Crippen molar-refractivity contribution in [2.75, 3.05) is 19.7 Å². The van der Waals surface area contributed by atoms with Crippen LogP contribution in [0.2, 0.25) is 0 Å². The number of ether oxygens (including phenoxy) is 1. The van der Waals surface area contributed by atoms with Crippen molar-refractivity contribution in [1.29, 1.82) is 0 Å². The van der Waals surface area contributed by atoms with Gasteiger partial charge in [0.15, 0.2) is 0 Å². The smallest absolute Gasteiger partial charge is 0.227 e. The van der Waals surface area contributed by atoms with Crippen molar-refractivity contribution in [3.8, 4) is 0 Å². The van der Waals surface area contributed by atoms with Gasteiger partial charge >= 0.3 is 0 Å². The summed E-state index contributed by atoms with van der Waals surface area (Å²) >= 11 is 0. The van der Waals surface area contributed by atoms with Crippen LogP contribution in [0, 0.1) is 5.92 Å². The van der Waals surface area contributed by atoms with Gasteiger partial charge in [-0.1, -0.05) is 37.3 Å². The van der Waals surface area contributed by atoms with Crippen LogP contribution >= 0.6 is 0 Å². The van der Waals surface area contributed by atoms with E-state index in [0.717, 1.165) is 37.2 Å². The Morgan fingerprint density at radius 1 is 1.38 bits per heavy atom. The van der Waals surface area contributed by atoms with Crippen LogP contribution in [-0.4, -0.2) is 40.7 Å². The monoisotopic (exact) mass is 327 g/mol. The van der Waals surface area contributed by atoms with Crippen molar-refractivity contribution < 1.29 is 9.53 Å². The van der Waals surface area contributed by atoms with Crippen molar-refractivity contribution in [1.82, 2.24) is 15.1 Å². The standard InChI is InChI=1S/C19H25N3O2/c1-15(13-24-14-16-6-3-2-4-7-16)19(23)22-11-5-8-17(12-22)18-9-10-20-21-18/h2-4,6-7,9-10,15,17H,5,8,11-14H2,1H3,(H,20,21)/t15-,17+/m0/s1. The second-order valence-electron chi connectivity index (χ2n) is 6.54. The molecular formula is C19H25N3O2. The van der Waals surface area contributed by atoms with Crippen molar-refractivity contribution in [2.24, 2.45) is 5.92 Å². The van der Waals surface area contributed by atoms with Gasteiger partial charge in [0.25, 0.3) is 0 Å². The molecule has 3 rings (SSSR count). The summed E-state index contributed by atoms with van der Waals surface area (Å²) in [7, 11) is 0. The fourth-order valence-corrected chi connectivity index (χ4v) is 3.24. The third-order valence-corrected chi connectivity index (χ3v) is 4.60. The highest BCUT2D eigenvalue weighted by molar-refractivity contribution is 5.78. The number of carbonyl (C=O) groups is 1. The Morgan fingerprint density at radius 3 is 2.96 bits per heavy atom. The van der Waals surface area contributed by atoms with Crippen LogP contribution in [0.15, 0.2) is 42.6 Å². The maximum atomic E-state index is 12.7. The number of amides is 1. The molecule has 1 aliphatic rings. The van der Waals surface area contributed by atoms with Gasteiger partial charge in [0.2, 0.25) is 5.91 Å². The molecule has 0 saturated carbocycles. The summed E-state index contributed by atoms with van der Waals surface area (Å²) in [6.45, 7) is 4.57. The molecule has 1 N–H and O–H groups in total. The van der Waals surface area contributed by atoms with Gasteiger partial charge in [0, 0.05) is 30.9 Å². The minimum absolute atomic E-state index is 0.116. The number of hydrogen-bond acceptors (Lipinski definition) is 3. The van der Waals surface area contributed by atoms with E-state index in [1.54, 1.807) is 6.20 Å². The van der Waals surface area contributed by atoms with Gasteiger partial charge < -0.3 is 9.64 Å². The van der Waals surface area contributed by atoms with E-state index in [1.807, 2.05) is 48.2 Å². The molecule has 1 aromatic carbocycles. The lowest BCUT2D eigenvalue weighted by molar-refractivity contribution is -0.138. The third kappa shape index (κ3) is 4.23. The topological polar surface area (TPSA) is 58.2 Å². The minimum atomic E-state index is -0.116. The molecule has 5 heteroatoms. The van der Waals surface area contributed by atoms with Crippen molar-refractivity contribution >= 4 is 5.91 Å². The molecule has 0 unspecified atom stereocenters. The van der Waals surface area contributed by atoms with Crippen LogP contribution in [-0.2, 0) is 16.1 Å². The Morgan fingerprint density at radius 2 is 2.21 bits per heavy atom. The fraction of sp³-hybridized carbons (Fsp3) is 0.474. The van der Waals surface area contributed by atoms with Gasteiger partial charge in [-0.25, -0.2) is 0 Å². The lowest BCUT2D eigenvalue weighted by Gasteiger charge is -2.33. The highest BCUT2D eigenvalue weighted by atomic mass is 16.5. The average molecular weight is 327 g/mol. The van der Waals surface area contributed by atoms with E-state index in [0.29, 0.717) is 19.1 Å². The average Bonchev–Trinajstić information content (AvgIpc) is 3.17. The van der Waals surface area contributed by atoms with E-state index >= 15 is 0 Å². The zero-order valence-corrected chi connectivity index (χ0v) is 14.1. The van der Waals surface area contributed by atoms with Crippen LogP contribution in [0.4, 0.5) is 0 Å². The number of likely N-dealkylation sites (tertiary alicyclic amines) is 1. The SMILES string of the molecule is C[C@@H](COCc1ccccc1)C(=O)N1CCC[C@@H](c2ccn[nH]2)C1. The van der Waals surface area contributed by atoms with Crippen LogP contribution in [0.1, 0.15) is 36.9 Å². The molecule has 1 aliphatic heterocycles. The maximum absolute atomic E-state index is 12.7. The number of rotatable bonds is 6. The number of piperidine rings is 1. The Labute approximate surface area is 143 Å². The van der Waals surface area contributed by atoms with Gasteiger partial charge in [0.1, 0.15) is 0 Å². The van der Waals surface area contributed by atoms with Crippen molar-refractivity contribution in [3.63, 3.8) is 0 Å². The summed E-state index contributed by atoms with van der Waals surface area (Å²) < 4.78 is 5.73. The molecule has 1 aromatic heterocycles. The summed E-state index contributed by atoms with van der Waals surface area (Å²) in [5.74, 6) is 0.434. The number of hydrogen-bond donors (Lipinski definition) is 1. The van der Waals surface area contributed by atoms with Gasteiger partial charge in [-0.15, -0.1) is 0 Å². The highest BCUT2D eigenvalue weighted by Crippen LogP contribution is 2.26. The van der Waals surface area contributed by atoms with Gasteiger partial charge in [-0.3, -0.25) is 9.89 Å². The van der Waals surface area contributed by atoms with E-state index < -0.39 is 0 Å². The second-order valence-corrected chi connectivity index (χ2v) is 6.54. The molecule has 1 fully saturated rings. The molecule has 128 valence electrons. The molecule has 1 amide bonds. The first kappa shape index (κ1) is 16.7. The first-order valence-corrected chi connectivity index (χ1v) is 8.64. The lowest BCUT2D eigenvalue weighted by atomic mass is 9.94. The summed E-state index contributed by atoms with van der Waals surface area (Å²) in [4.78, 5) is 14.7. The minimum Gasteiger partial charge on any atom is -0.376 e. The number of H-pyrrole nitrogens is 1. The fourth-order valence-electron chi connectivity index (χ4n) is 3.24. The zero-order chi connectivity index (χ0) is 16.8. The van der Waals surface area contributed by atoms with Crippen LogP contribution in [0.25, 0.3) is 0 Å². The third-order valence-electron chi connectivity index (χ3n) is 4.60. The van der Waals surface area contributed by atoms with Crippen LogP contribution in [0.3, 0.4) is 0 Å². The number of aromatic amines is 1. The Balaban J connectivity index is 1.48. The molecule has 1 saturated heterocycles. The number of nitrogens with zero attached hydrogens (tertiary/aromatic N) is 2. The molecule has 0 bridgehead atoms. The van der Waals surface area contributed by atoms with E-state index in [2.05, 4.69) is 10.2 Å². The van der Waals surface area contributed by atoms with Crippen molar-refractivity contribution in [3.05, 3.63) is 53.9 Å². The quantitative estimate of drug-likeness (QED) is 0.887. The maximum Gasteiger partial charge on any atom is 0.227 e. The second kappa shape index (κ2) is 8.11. The van der Waals surface area contributed by atoms with E-state index in [4.69, 9.17) is 4.74 Å². The summed E-state index contributed by atoms with van der Waals surface area (Å²) in [6.07, 6.45) is 3.91. The summed E-state index contributed by atoms with van der Waals surface area (Å²) in [6, 6.07) is 12.1. The molecule has 5 nitrogen and oxygen atoms in total. The first-order chi connectivity index (χ1) is 11.7. The normalized spacial score (nSPS) is 19.2. The van der Waals surface area contributed by atoms with Gasteiger partial charge in [-0.2, -0.15) is 5.10 Å². The predicted octanol–water partition coefficient (Wildman–Crippen LogP) is 2.97. The molecule has 0 radical (unpaired) electrons. The first-order valence-electron chi connectivity index (χ1n) is 8.64. The number of aromatic nitrogens is 2. The van der Waals surface area contributed by atoms with E-state index in [1.165, 1.54) is 0 Å². The van der Waals surface area contributed by atoms with Gasteiger partial charge in [-0.05, 0) is 24.5 Å². The predicted molar refractivity (Wildman–Crippen MR) is 92.4 cm³/mol. The van der Waals surface area contributed by atoms with E-state index in [-0.39, 0.29) is 11.8 Å². The number of carbonyl (C=O) groups excluding carboxylic acids is 1. The van der Waals surface area contributed by atoms with Crippen LogP contribution < -0.4 is 0 Å². The van der Waals surface area contributed by atoms with Crippen LogP contribution in [0.5, 0.6) is 0 Å².